The van der Waals surface area contributed by atoms with Crippen molar-refractivity contribution in [1.82, 2.24) is 9.21 Å². The molecule has 1 fully saturated rings. The number of hydrogen-bond donors (Lipinski definition) is 0. The van der Waals surface area contributed by atoms with Crippen molar-refractivity contribution in [3.8, 4) is 0 Å². The Morgan fingerprint density at radius 1 is 1.03 bits per heavy atom. The summed E-state index contributed by atoms with van der Waals surface area (Å²) in [5, 5.41) is 0.236. The van der Waals surface area contributed by atoms with E-state index in [1.54, 1.807) is 24.0 Å². The number of hydrogen-bond acceptors (Lipinski definition) is 4. The molecule has 1 unspecified atom stereocenters. The molecule has 1 heterocycles. The van der Waals surface area contributed by atoms with Crippen LogP contribution in [0.1, 0.15) is 6.92 Å². The molecule has 10 heteroatoms. The van der Waals surface area contributed by atoms with Gasteiger partial charge in [0.15, 0.2) is 4.90 Å². The van der Waals surface area contributed by atoms with Crippen LogP contribution in [-0.2, 0) is 14.8 Å². The summed E-state index contributed by atoms with van der Waals surface area (Å²) in [5.74, 6) is -2.38. The molecule has 0 N–H and O–H groups in total. The van der Waals surface area contributed by atoms with Gasteiger partial charge in [-0.1, -0.05) is 17.7 Å². The van der Waals surface area contributed by atoms with Crippen molar-refractivity contribution in [2.75, 3.05) is 26.2 Å². The first-order chi connectivity index (χ1) is 13.7. The van der Waals surface area contributed by atoms with Gasteiger partial charge in [0.25, 0.3) is 0 Å². The molecule has 0 aliphatic carbocycles. The molecule has 1 aliphatic rings. The molecule has 0 radical (unpaired) electrons. The topological polar surface area (TPSA) is 57.7 Å². The zero-order valence-corrected chi connectivity index (χ0v) is 17.9. The number of benzene rings is 2. The number of nitrogens with zero attached hydrogens (tertiary/aromatic N) is 2. The largest absolute Gasteiger partial charge is 0.339 e. The summed E-state index contributed by atoms with van der Waals surface area (Å²) in [6.07, 6.45) is 0. The summed E-state index contributed by atoms with van der Waals surface area (Å²) < 4.78 is 54.1. The van der Waals surface area contributed by atoms with Gasteiger partial charge in [0, 0.05) is 36.1 Å². The lowest BCUT2D eigenvalue weighted by Gasteiger charge is -2.35. The molecule has 1 amide bonds. The molecule has 5 nitrogen and oxygen atoms in total. The van der Waals surface area contributed by atoms with Crippen molar-refractivity contribution >= 4 is 39.3 Å². The molecule has 1 saturated heterocycles. The van der Waals surface area contributed by atoms with Crippen molar-refractivity contribution in [2.45, 2.75) is 22.0 Å². The van der Waals surface area contributed by atoms with Crippen LogP contribution in [0.15, 0.2) is 52.3 Å². The van der Waals surface area contributed by atoms with Crippen LogP contribution in [0.5, 0.6) is 0 Å². The lowest BCUT2D eigenvalue weighted by Crippen LogP contribution is -2.52. The highest BCUT2D eigenvalue weighted by Gasteiger charge is 2.34. The van der Waals surface area contributed by atoms with Gasteiger partial charge in [0.05, 0.1) is 5.25 Å². The van der Waals surface area contributed by atoms with Crippen LogP contribution in [0.3, 0.4) is 0 Å². The van der Waals surface area contributed by atoms with Gasteiger partial charge in [-0.05, 0) is 43.3 Å². The highest BCUT2D eigenvalue weighted by molar-refractivity contribution is 8.00. The average Bonchev–Trinajstić information content (AvgIpc) is 2.69. The Kier molecular flexibility index (Phi) is 6.83. The van der Waals surface area contributed by atoms with E-state index in [0.29, 0.717) is 5.02 Å². The second kappa shape index (κ2) is 8.99. The third-order valence-electron chi connectivity index (χ3n) is 4.54. The smallest absolute Gasteiger partial charge is 0.249 e. The molecule has 156 valence electrons. The first-order valence-corrected chi connectivity index (χ1v) is 11.5. The zero-order valence-electron chi connectivity index (χ0n) is 15.5. The summed E-state index contributed by atoms with van der Waals surface area (Å²) in [7, 11) is -4.32. The van der Waals surface area contributed by atoms with Gasteiger partial charge >= 0.3 is 0 Å². The SMILES string of the molecule is CC(Sc1ccc(Cl)cc1)C(=O)N1CCN(S(=O)(=O)c2c(F)cccc2F)CC1. The molecule has 1 atom stereocenters. The summed E-state index contributed by atoms with van der Waals surface area (Å²) in [5.41, 5.74) is 0. The van der Waals surface area contributed by atoms with Crippen molar-refractivity contribution < 1.29 is 22.0 Å². The molecule has 0 saturated carbocycles. The van der Waals surface area contributed by atoms with Gasteiger partial charge in [0.1, 0.15) is 11.6 Å². The molecule has 2 aromatic carbocycles. The Labute approximate surface area is 177 Å². The summed E-state index contributed by atoms with van der Waals surface area (Å²) in [6.45, 7) is 2.03. The second-order valence-electron chi connectivity index (χ2n) is 6.49. The molecule has 3 rings (SSSR count). The van der Waals surface area contributed by atoms with Crippen LogP contribution in [0.25, 0.3) is 0 Å². The Hall–Kier alpha value is -1.68. The maximum Gasteiger partial charge on any atom is 0.249 e. The second-order valence-corrected chi connectivity index (χ2v) is 10.2. The summed E-state index contributed by atoms with van der Waals surface area (Å²) >= 11 is 7.24. The minimum absolute atomic E-state index is 0.0276. The number of sulfonamides is 1. The highest BCUT2D eigenvalue weighted by Crippen LogP contribution is 2.27. The van der Waals surface area contributed by atoms with Crippen LogP contribution in [0, 0.1) is 11.6 Å². The first-order valence-electron chi connectivity index (χ1n) is 8.85. The first kappa shape index (κ1) is 22.0. The fraction of sp³-hybridized carbons (Fsp3) is 0.316. The molecule has 0 aromatic heterocycles. The Bertz CT molecular complexity index is 975. The minimum atomic E-state index is -4.32. The van der Waals surface area contributed by atoms with E-state index in [9.17, 15) is 22.0 Å². The van der Waals surface area contributed by atoms with Gasteiger partial charge in [-0.2, -0.15) is 4.31 Å². The van der Waals surface area contributed by atoms with E-state index in [1.165, 1.54) is 11.8 Å². The maximum atomic E-state index is 13.9. The van der Waals surface area contributed by atoms with Gasteiger partial charge in [-0.3, -0.25) is 4.79 Å². The molecular formula is C19H19ClF2N2O3S2. The van der Waals surface area contributed by atoms with Crippen LogP contribution >= 0.6 is 23.4 Å². The molecule has 1 aliphatic heterocycles. The number of rotatable bonds is 5. The molecule has 29 heavy (non-hydrogen) atoms. The number of thioether (sulfide) groups is 1. The van der Waals surface area contributed by atoms with Crippen LogP contribution in [-0.4, -0.2) is 55.0 Å². The monoisotopic (exact) mass is 460 g/mol. The fourth-order valence-corrected chi connectivity index (χ4v) is 5.64. The fourth-order valence-electron chi connectivity index (χ4n) is 3.03. The van der Waals surface area contributed by atoms with Crippen molar-refractivity contribution in [3.63, 3.8) is 0 Å². The van der Waals surface area contributed by atoms with Crippen LogP contribution < -0.4 is 0 Å². The Morgan fingerprint density at radius 2 is 1.59 bits per heavy atom. The standard InChI is InChI=1S/C19H19ClF2N2O3S2/c1-13(28-15-7-5-14(20)6-8-15)19(25)23-9-11-24(12-10-23)29(26,27)18-16(21)3-2-4-17(18)22/h2-8,13H,9-12H2,1H3. The van der Waals surface area contributed by atoms with Crippen LogP contribution in [0.2, 0.25) is 5.02 Å². The molecule has 0 bridgehead atoms. The van der Waals surface area contributed by atoms with Gasteiger partial charge in [0.2, 0.25) is 15.9 Å². The predicted molar refractivity (Wildman–Crippen MR) is 108 cm³/mol. The van der Waals surface area contributed by atoms with Gasteiger partial charge < -0.3 is 4.90 Å². The van der Waals surface area contributed by atoms with Crippen LogP contribution in [0.4, 0.5) is 8.78 Å². The van der Waals surface area contributed by atoms with Gasteiger partial charge in [-0.15, -0.1) is 11.8 Å². The average molecular weight is 461 g/mol. The maximum absolute atomic E-state index is 13.9. The number of halogens is 3. The normalized spacial score (nSPS) is 16.6. The third-order valence-corrected chi connectivity index (χ3v) is 7.84. The summed E-state index contributed by atoms with van der Waals surface area (Å²) in [4.78, 5) is 14.2. The van der Waals surface area contributed by atoms with Gasteiger partial charge in [-0.25, -0.2) is 17.2 Å². The predicted octanol–water partition coefficient (Wildman–Crippen LogP) is 3.63. The van der Waals surface area contributed by atoms with Crippen molar-refractivity contribution in [2.24, 2.45) is 0 Å². The Morgan fingerprint density at radius 3 is 2.14 bits per heavy atom. The summed E-state index contributed by atoms with van der Waals surface area (Å²) in [6, 6.07) is 10.1. The van der Waals surface area contributed by atoms with Crippen molar-refractivity contribution in [1.29, 1.82) is 0 Å². The lowest BCUT2D eigenvalue weighted by molar-refractivity contribution is -0.131. The molecular weight excluding hydrogens is 442 g/mol. The number of piperazine rings is 1. The quantitative estimate of drug-likeness (QED) is 0.639. The van der Waals surface area contributed by atoms with Crippen molar-refractivity contribution in [3.05, 3.63) is 59.1 Å². The molecule has 2 aromatic rings. The van der Waals surface area contributed by atoms with E-state index in [4.69, 9.17) is 11.6 Å². The minimum Gasteiger partial charge on any atom is -0.339 e. The lowest BCUT2D eigenvalue weighted by atomic mass is 10.3. The number of amides is 1. The van der Waals surface area contributed by atoms with E-state index < -0.39 is 26.6 Å². The number of carbonyl (C=O) groups excluding carboxylic acids is 1. The molecule has 0 spiro atoms. The van der Waals surface area contributed by atoms with E-state index in [0.717, 1.165) is 27.4 Å². The van der Waals surface area contributed by atoms with E-state index in [2.05, 4.69) is 0 Å². The van der Waals surface area contributed by atoms with E-state index >= 15 is 0 Å². The van der Waals surface area contributed by atoms with E-state index in [-0.39, 0.29) is 37.3 Å². The zero-order chi connectivity index (χ0) is 21.2. The third kappa shape index (κ3) is 4.91. The van der Waals surface area contributed by atoms with E-state index in [1.807, 2.05) is 12.1 Å². The number of carbonyl (C=O) groups is 1. The highest BCUT2D eigenvalue weighted by atomic mass is 35.5. The Balaban J connectivity index is 1.63.